The molecule has 1 atom stereocenters. The van der Waals surface area contributed by atoms with Crippen LogP contribution in [0.3, 0.4) is 0 Å². The van der Waals surface area contributed by atoms with Gasteiger partial charge < -0.3 is 14.7 Å². The number of hydrogen-bond acceptors (Lipinski definition) is 3. The molecule has 0 bridgehead atoms. The van der Waals surface area contributed by atoms with Crippen molar-refractivity contribution in [3.05, 3.63) is 29.8 Å². The largest absolute Gasteiger partial charge is 0.431 e. The number of benzene rings is 1. The first-order valence-corrected chi connectivity index (χ1v) is 4.32. The van der Waals surface area contributed by atoms with Crippen molar-refractivity contribution in [2.24, 2.45) is 0 Å². The number of fused-ring (bicyclic) bond motifs is 1. The zero-order chi connectivity index (χ0) is 9.42. The zero-order valence-electron chi connectivity index (χ0n) is 7.10. The van der Waals surface area contributed by atoms with Crippen LogP contribution in [0.15, 0.2) is 24.3 Å². The second-order valence-electron chi connectivity index (χ2n) is 2.89. The van der Waals surface area contributed by atoms with Gasteiger partial charge in [0.2, 0.25) is 0 Å². The minimum absolute atomic E-state index is 0.297. The van der Waals surface area contributed by atoms with Crippen LogP contribution in [-0.2, 0) is 0 Å². The summed E-state index contributed by atoms with van der Waals surface area (Å²) >= 11 is 4.93. The van der Waals surface area contributed by atoms with Crippen molar-refractivity contribution in [3.63, 3.8) is 0 Å². The number of aliphatic hydroxyl groups excluding tert-OH is 1. The molecule has 0 fully saturated rings. The maximum absolute atomic E-state index is 9.76. The van der Waals surface area contributed by atoms with Crippen LogP contribution in [0.4, 0.5) is 0 Å². The lowest BCUT2D eigenvalue weighted by molar-refractivity contribution is 0.0485. The number of aliphatic hydroxyl groups is 1. The van der Waals surface area contributed by atoms with E-state index in [9.17, 15) is 5.11 Å². The molecule has 0 saturated carbocycles. The Bertz CT molecular complexity index is 353. The molecule has 1 aromatic rings. The van der Waals surface area contributed by atoms with Gasteiger partial charge in [0.25, 0.3) is 5.17 Å². The van der Waals surface area contributed by atoms with Gasteiger partial charge in [-0.15, -0.1) is 0 Å². The summed E-state index contributed by atoms with van der Waals surface area (Å²) in [5.74, 6) is 0.637. The minimum Gasteiger partial charge on any atom is -0.431 e. The Morgan fingerprint density at radius 3 is 2.92 bits per heavy atom. The molecular formula is C9H9NO2S. The van der Waals surface area contributed by atoms with Crippen LogP contribution < -0.4 is 4.74 Å². The summed E-state index contributed by atoms with van der Waals surface area (Å²) in [6.07, 6.45) is -0.697. The fourth-order valence-electron chi connectivity index (χ4n) is 1.26. The summed E-state index contributed by atoms with van der Waals surface area (Å²) in [6.45, 7) is 0. The first kappa shape index (κ1) is 8.47. The van der Waals surface area contributed by atoms with E-state index in [0.717, 1.165) is 5.56 Å². The predicted octanol–water partition coefficient (Wildman–Crippen LogP) is 1.29. The minimum atomic E-state index is -0.697. The van der Waals surface area contributed by atoms with E-state index in [-0.39, 0.29) is 0 Å². The fourth-order valence-corrected chi connectivity index (χ4v) is 1.45. The summed E-state index contributed by atoms with van der Waals surface area (Å²) in [5.41, 5.74) is 0.749. The molecule has 13 heavy (non-hydrogen) atoms. The molecule has 4 heteroatoms. The number of thiocarbonyl (C=S) groups is 1. The van der Waals surface area contributed by atoms with E-state index in [1.165, 1.54) is 4.90 Å². The predicted molar refractivity (Wildman–Crippen MR) is 52.4 cm³/mol. The Labute approximate surface area is 81.5 Å². The summed E-state index contributed by atoms with van der Waals surface area (Å²) in [4.78, 5) is 1.51. The SMILES string of the molecule is CN1C(=S)Oc2ccccc2C1O. The average Bonchev–Trinajstić information content (AvgIpc) is 2.15. The van der Waals surface area contributed by atoms with Gasteiger partial charge in [0.15, 0.2) is 6.23 Å². The van der Waals surface area contributed by atoms with Crippen molar-refractivity contribution >= 4 is 17.4 Å². The Morgan fingerprint density at radius 1 is 1.46 bits per heavy atom. The van der Waals surface area contributed by atoms with Crippen LogP contribution in [0.25, 0.3) is 0 Å². The van der Waals surface area contributed by atoms with Gasteiger partial charge in [-0.2, -0.15) is 0 Å². The van der Waals surface area contributed by atoms with Gasteiger partial charge >= 0.3 is 0 Å². The normalized spacial score (nSPS) is 20.9. The molecule has 1 heterocycles. The number of para-hydroxylation sites is 1. The highest BCUT2D eigenvalue weighted by Crippen LogP contribution is 2.31. The molecule has 1 aliphatic rings. The van der Waals surface area contributed by atoms with Crippen molar-refractivity contribution in [1.29, 1.82) is 0 Å². The van der Waals surface area contributed by atoms with Crippen LogP contribution in [0.5, 0.6) is 5.75 Å². The van der Waals surface area contributed by atoms with E-state index in [2.05, 4.69) is 0 Å². The molecule has 1 aromatic carbocycles. The van der Waals surface area contributed by atoms with Crippen LogP contribution in [0.1, 0.15) is 11.8 Å². The van der Waals surface area contributed by atoms with Crippen LogP contribution in [0, 0.1) is 0 Å². The molecule has 0 saturated heterocycles. The Hall–Kier alpha value is -1.13. The molecule has 0 radical (unpaired) electrons. The molecular weight excluding hydrogens is 186 g/mol. The van der Waals surface area contributed by atoms with Crippen LogP contribution in [0.2, 0.25) is 0 Å². The van der Waals surface area contributed by atoms with E-state index in [1.54, 1.807) is 13.1 Å². The van der Waals surface area contributed by atoms with Gasteiger partial charge in [-0.3, -0.25) is 0 Å². The lowest BCUT2D eigenvalue weighted by Crippen LogP contribution is -2.37. The Balaban J connectivity index is 2.49. The molecule has 2 rings (SSSR count). The van der Waals surface area contributed by atoms with Crippen molar-refractivity contribution in [2.45, 2.75) is 6.23 Å². The van der Waals surface area contributed by atoms with E-state index in [4.69, 9.17) is 17.0 Å². The lowest BCUT2D eigenvalue weighted by atomic mass is 10.1. The zero-order valence-corrected chi connectivity index (χ0v) is 7.91. The van der Waals surface area contributed by atoms with Gasteiger partial charge in [0.05, 0.1) is 0 Å². The molecule has 0 amide bonds. The van der Waals surface area contributed by atoms with Gasteiger partial charge in [0, 0.05) is 12.6 Å². The lowest BCUT2D eigenvalue weighted by Gasteiger charge is -2.31. The molecule has 0 aromatic heterocycles. The Morgan fingerprint density at radius 2 is 2.15 bits per heavy atom. The first-order valence-electron chi connectivity index (χ1n) is 3.92. The van der Waals surface area contributed by atoms with Gasteiger partial charge in [0.1, 0.15) is 5.75 Å². The topological polar surface area (TPSA) is 32.7 Å². The van der Waals surface area contributed by atoms with Crippen molar-refractivity contribution in [1.82, 2.24) is 4.90 Å². The molecule has 0 spiro atoms. The first-order chi connectivity index (χ1) is 6.20. The molecule has 1 unspecified atom stereocenters. The van der Waals surface area contributed by atoms with E-state index in [0.29, 0.717) is 10.9 Å². The Kier molecular flexibility index (Phi) is 1.94. The van der Waals surface area contributed by atoms with Crippen LogP contribution in [-0.4, -0.2) is 22.2 Å². The number of rotatable bonds is 0. The maximum Gasteiger partial charge on any atom is 0.266 e. The maximum atomic E-state index is 9.76. The fraction of sp³-hybridized carbons (Fsp3) is 0.222. The third kappa shape index (κ3) is 1.28. The number of ether oxygens (including phenoxy) is 1. The molecule has 1 N–H and O–H groups in total. The number of hydrogen-bond donors (Lipinski definition) is 1. The van der Waals surface area contributed by atoms with Crippen molar-refractivity contribution in [3.8, 4) is 5.75 Å². The quantitative estimate of drug-likeness (QED) is 0.632. The third-order valence-electron chi connectivity index (χ3n) is 2.05. The molecule has 1 aliphatic heterocycles. The van der Waals surface area contributed by atoms with E-state index in [1.807, 2.05) is 18.2 Å². The van der Waals surface area contributed by atoms with Crippen LogP contribution >= 0.6 is 12.2 Å². The second kappa shape index (κ2) is 2.97. The highest BCUT2D eigenvalue weighted by atomic mass is 32.1. The van der Waals surface area contributed by atoms with Gasteiger partial charge in [-0.25, -0.2) is 0 Å². The standard InChI is InChI=1S/C9H9NO2S/c1-10-8(11)6-4-2-3-5-7(6)12-9(10)13/h2-5,8,11H,1H3. The third-order valence-corrected chi connectivity index (χ3v) is 2.42. The summed E-state index contributed by atoms with van der Waals surface area (Å²) < 4.78 is 5.31. The molecule has 0 aliphatic carbocycles. The van der Waals surface area contributed by atoms with Crippen molar-refractivity contribution < 1.29 is 9.84 Å². The monoisotopic (exact) mass is 195 g/mol. The average molecular weight is 195 g/mol. The van der Waals surface area contributed by atoms with Gasteiger partial charge in [-0.05, 0) is 18.3 Å². The second-order valence-corrected chi connectivity index (χ2v) is 3.24. The smallest absolute Gasteiger partial charge is 0.266 e. The van der Waals surface area contributed by atoms with E-state index < -0.39 is 6.23 Å². The molecule has 68 valence electrons. The van der Waals surface area contributed by atoms with E-state index >= 15 is 0 Å². The summed E-state index contributed by atoms with van der Waals surface area (Å²) in [5, 5.41) is 10.1. The highest BCUT2D eigenvalue weighted by molar-refractivity contribution is 7.80. The van der Waals surface area contributed by atoms with Gasteiger partial charge in [-0.1, -0.05) is 18.2 Å². The molecule has 3 nitrogen and oxygen atoms in total. The number of nitrogens with zero attached hydrogens (tertiary/aromatic N) is 1. The van der Waals surface area contributed by atoms with Crippen molar-refractivity contribution in [2.75, 3.05) is 7.05 Å². The summed E-state index contributed by atoms with van der Waals surface area (Å²) in [6, 6.07) is 7.31. The highest BCUT2D eigenvalue weighted by Gasteiger charge is 2.26. The summed E-state index contributed by atoms with van der Waals surface area (Å²) in [7, 11) is 1.70.